The van der Waals surface area contributed by atoms with E-state index in [1.165, 1.54) is 19.3 Å². The van der Waals surface area contributed by atoms with Crippen molar-refractivity contribution in [2.45, 2.75) is 51.6 Å². The first-order valence-electron chi connectivity index (χ1n) is 8.41. The quantitative estimate of drug-likeness (QED) is 0.254. The van der Waals surface area contributed by atoms with Crippen LogP contribution in [0.3, 0.4) is 0 Å². The number of hydrogen-bond donors (Lipinski definition) is 4. The van der Waals surface area contributed by atoms with Crippen molar-refractivity contribution >= 4 is 5.91 Å². The number of unbranched alkanes of at least 4 members (excludes halogenated alkanes) is 3. The zero-order valence-corrected chi connectivity index (χ0v) is 14.0. The molecule has 6 nitrogen and oxygen atoms in total. The molecule has 0 radical (unpaired) electrons. The highest BCUT2D eigenvalue weighted by molar-refractivity contribution is 5.81. The van der Waals surface area contributed by atoms with Gasteiger partial charge in [-0.05, 0) is 24.1 Å². The van der Waals surface area contributed by atoms with Crippen LogP contribution in [0.4, 0.5) is 0 Å². The van der Waals surface area contributed by atoms with Gasteiger partial charge in [-0.1, -0.05) is 45.2 Å². The number of benzene rings is 1. The first kappa shape index (κ1) is 17.7. The standard InChI is InChI=1S/C17H28N4O2/c1-3-4-5-6-11-23-14-9-7-13(8-10-14)15-12(2)16(21-20-15)17(22)19-18/h7-10,12,15-16,20-21H,3-6,11,18H2,1-2H3,(H,19,22). The molecule has 23 heavy (non-hydrogen) atoms. The molecule has 2 rings (SSSR count). The monoisotopic (exact) mass is 320 g/mol. The molecule has 1 heterocycles. The Bertz CT molecular complexity index is 492. The average molecular weight is 320 g/mol. The molecular weight excluding hydrogens is 292 g/mol. The number of rotatable bonds is 8. The summed E-state index contributed by atoms with van der Waals surface area (Å²) in [4.78, 5) is 11.7. The zero-order valence-electron chi connectivity index (χ0n) is 14.0. The van der Waals surface area contributed by atoms with Gasteiger partial charge < -0.3 is 4.74 Å². The SMILES string of the molecule is CCCCCCOc1ccc(C2NNC(C(=O)NN)C2C)cc1. The smallest absolute Gasteiger partial charge is 0.252 e. The van der Waals surface area contributed by atoms with Crippen LogP contribution in [-0.4, -0.2) is 18.6 Å². The highest BCUT2D eigenvalue weighted by atomic mass is 16.5. The molecule has 5 N–H and O–H groups in total. The third-order valence-corrected chi connectivity index (χ3v) is 4.38. The maximum Gasteiger partial charge on any atom is 0.252 e. The summed E-state index contributed by atoms with van der Waals surface area (Å²) in [5.41, 5.74) is 9.48. The molecule has 0 bridgehead atoms. The van der Waals surface area contributed by atoms with Crippen molar-refractivity contribution in [3.05, 3.63) is 29.8 Å². The lowest BCUT2D eigenvalue weighted by atomic mass is 9.91. The molecule has 1 fully saturated rings. The molecular formula is C17H28N4O2. The number of amides is 1. The molecule has 3 atom stereocenters. The number of nitrogens with two attached hydrogens (primary N) is 1. The van der Waals surface area contributed by atoms with Crippen molar-refractivity contribution in [3.8, 4) is 5.75 Å². The van der Waals surface area contributed by atoms with E-state index in [1.54, 1.807) is 0 Å². The van der Waals surface area contributed by atoms with Crippen molar-refractivity contribution < 1.29 is 9.53 Å². The Morgan fingerprint density at radius 2 is 1.96 bits per heavy atom. The lowest BCUT2D eigenvalue weighted by Gasteiger charge is -2.18. The van der Waals surface area contributed by atoms with E-state index in [0.717, 1.165) is 24.3 Å². The normalized spacial score (nSPS) is 23.7. The number of nitrogens with one attached hydrogen (secondary N) is 3. The molecule has 6 heteroatoms. The van der Waals surface area contributed by atoms with Gasteiger partial charge in [0.05, 0.1) is 12.6 Å². The van der Waals surface area contributed by atoms with Crippen molar-refractivity contribution in [3.63, 3.8) is 0 Å². The van der Waals surface area contributed by atoms with E-state index in [4.69, 9.17) is 10.6 Å². The number of carbonyl (C=O) groups excluding carboxylic acids is 1. The third kappa shape index (κ3) is 4.67. The maximum atomic E-state index is 11.7. The molecule has 1 aliphatic heterocycles. The molecule has 3 unspecified atom stereocenters. The topological polar surface area (TPSA) is 88.4 Å². The van der Waals surface area contributed by atoms with Gasteiger partial charge in [0.1, 0.15) is 11.8 Å². The Kier molecular flexibility index (Phi) is 6.83. The molecule has 0 spiro atoms. The van der Waals surface area contributed by atoms with Gasteiger partial charge in [0.15, 0.2) is 0 Å². The molecule has 1 amide bonds. The molecule has 128 valence electrons. The van der Waals surface area contributed by atoms with Gasteiger partial charge in [0.2, 0.25) is 0 Å². The summed E-state index contributed by atoms with van der Waals surface area (Å²) in [6.45, 7) is 4.99. The van der Waals surface area contributed by atoms with Crippen LogP contribution in [0, 0.1) is 5.92 Å². The fourth-order valence-corrected chi connectivity index (χ4v) is 2.91. The lowest BCUT2D eigenvalue weighted by molar-refractivity contribution is -0.123. The molecule has 0 saturated carbocycles. The molecule has 1 aliphatic rings. The van der Waals surface area contributed by atoms with Crippen molar-refractivity contribution in [2.75, 3.05) is 6.61 Å². The third-order valence-electron chi connectivity index (χ3n) is 4.38. The first-order valence-corrected chi connectivity index (χ1v) is 8.41. The van der Waals surface area contributed by atoms with E-state index in [-0.39, 0.29) is 23.9 Å². The number of ether oxygens (including phenoxy) is 1. The van der Waals surface area contributed by atoms with E-state index < -0.39 is 0 Å². The van der Waals surface area contributed by atoms with Crippen molar-refractivity contribution in [1.82, 2.24) is 16.3 Å². The molecule has 1 saturated heterocycles. The predicted octanol–water partition coefficient (Wildman–Crippen LogP) is 1.79. The fraction of sp³-hybridized carbons (Fsp3) is 0.588. The second-order valence-electron chi connectivity index (χ2n) is 6.09. The van der Waals surface area contributed by atoms with Crippen LogP contribution in [0.5, 0.6) is 5.75 Å². The fourth-order valence-electron chi connectivity index (χ4n) is 2.91. The first-order chi connectivity index (χ1) is 11.2. The van der Waals surface area contributed by atoms with E-state index in [9.17, 15) is 4.79 Å². The summed E-state index contributed by atoms with van der Waals surface area (Å²) in [7, 11) is 0. The van der Waals surface area contributed by atoms with Crippen LogP contribution in [0.25, 0.3) is 0 Å². The lowest BCUT2D eigenvalue weighted by Crippen LogP contribution is -2.47. The summed E-state index contributed by atoms with van der Waals surface area (Å²) in [5, 5.41) is 0. The molecule has 0 aromatic heterocycles. The van der Waals surface area contributed by atoms with Crippen LogP contribution in [-0.2, 0) is 4.79 Å². The summed E-state index contributed by atoms with van der Waals surface area (Å²) in [6.07, 6.45) is 4.81. The number of hydrazine groups is 2. The van der Waals surface area contributed by atoms with Crippen LogP contribution >= 0.6 is 0 Å². The maximum absolute atomic E-state index is 11.7. The van der Waals surface area contributed by atoms with Crippen LogP contribution in [0.1, 0.15) is 51.1 Å². The largest absolute Gasteiger partial charge is 0.494 e. The Morgan fingerprint density at radius 1 is 1.22 bits per heavy atom. The Balaban J connectivity index is 1.86. The zero-order chi connectivity index (χ0) is 16.7. The van der Waals surface area contributed by atoms with Gasteiger partial charge in [-0.25, -0.2) is 16.7 Å². The highest BCUT2D eigenvalue weighted by Crippen LogP contribution is 2.29. The van der Waals surface area contributed by atoms with E-state index in [0.29, 0.717) is 0 Å². The van der Waals surface area contributed by atoms with Crippen LogP contribution < -0.4 is 26.9 Å². The van der Waals surface area contributed by atoms with E-state index >= 15 is 0 Å². The molecule has 1 aromatic carbocycles. The van der Waals surface area contributed by atoms with Crippen molar-refractivity contribution in [2.24, 2.45) is 11.8 Å². The number of hydrogen-bond acceptors (Lipinski definition) is 5. The Labute approximate surface area is 138 Å². The molecule has 1 aromatic rings. The van der Waals surface area contributed by atoms with Crippen molar-refractivity contribution in [1.29, 1.82) is 0 Å². The second kappa shape index (κ2) is 8.86. The van der Waals surface area contributed by atoms with Gasteiger partial charge >= 0.3 is 0 Å². The van der Waals surface area contributed by atoms with Gasteiger partial charge in [-0.3, -0.25) is 10.2 Å². The molecule has 0 aliphatic carbocycles. The van der Waals surface area contributed by atoms with Gasteiger partial charge in [0.25, 0.3) is 5.91 Å². The minimum Gasteiger partial charge on any atom is -0.494 e. The van der Waals surface area contributed by atoms with Gasteiger partial charge in [-0.2, -0.15) is 0 Å². The average Bonchev–Trinajstić information content (AvgIpc) is 2.96. The minimum atomic E-state index is -0.334. The summed E-state index contributed by atoms with van der Waals surface area (Å²) in [5.74, 6) is 5.99. The second-order valence-corrected chi connectivity index (χ2v) is 6.09. The van der Waals surface area contributed by atoms with Crippen LogP contribution in [0.2, 0.25) is 0 Å². The van der Waals surface area contributed by atoms with E-state index in [1.807, 2.05) is 31.2 Å². The predicted molar refractivity (Wildman–Crippen MR) is 90.4 cm³/mol. The summed E-state index contributed by atoms with van der Waals surface area (Å²) < 4.78 is 5.76. The van der Waals surface area contributed by atoms with Crippen LogP contribution in [0.15, 0.2) is 24.3 Å². The highest BCUT2D eigenvalue weighted by Gasteiger charge is 2.37. The summed E-state index contributed by atoms with van der Waals surface area (Å²) in [6, 6.07) is 7.79. The van der Waals surface area contributed by atoms with Gasteiger partial charge in [0, 0.05) is 5.92 Å². The minimum absolute atomic E-state index is 0.0657. The summed E-state index contributed by atoms with van der Waals surface area (Å²) >= 11 is 0. The Morgan fingerprint density at radius 3 is 2.61 bits per heavy atom. The number of carbonyl (C=O) groups is 1. The van der Waals surface area contributed by atoms with Gasteiger partial charge in [-0.15, -0.1) is 0 Å². The Hall–Kier alpha value is -1.63. The van der Waals surface area contributed by atoms with E-state index in [2.05, 4.69) is 23.2 Å².